The van der Waals surface area contributed by atoms with E-state index in [9.17, 15) is 24.4 Å². The topological polar surface area (TPSA) is 80.4 Å². The van der Waals surface area contributed by atoms with Crippen LogP contribution in [0.3, 0.4) is 0 Å². The SMILES string of the molecule is O=C(CCl)c1ccc(F)c([N+](=O)[O-])c1O. The number of alkyl halides is 1. The van der Waals surface area contributed by atoms with Crippen LogP contribution >= 0.6 is 11.6 Å². The first-order valence-corrected chi connectivity index (χ1v) is 4.27. The lowest BCUT2D eigenvalue weighted by Crippen LogP contribution is -2.03. The van der Waals surface area contributed by atoms with Gasteiger partial charge in [-0.05, 0) is 12.1 Å². The van der Waals surface area contributed by atoms with Crippen molar-refractivity contribution < 1.29 is 19.2 Å². The lowest BCUT2D eigenvalue weighted by atomic mass is 10.1. The van der Waals surface area contributed by atoms with Crippen LogP contribution < -0.4 is 0 Å². The van der Waals surface area contributed by atoms with Crippen molar-refractivity contribution in [3.63, 3.8) is 0 Å². The highest BCUT2D eigenvalue weighted by atomic mass is 35.5. The number of aromatic hydroxyl groups is 1. The lowest BCUT2D eigenvalue weighted by molar-refractivity contribution is -0.388. The number of phenols is 1. The van der Waals surface area contributed by atoms with E-state index < -0.39 is 33.8 Å². The van der Waals surface area contributed by atoms with Crippen LogP contribution in [-0.2, 0) is 0 Å². The number of nitro groups is 1. The van der Waals surface area contributed by atoms with Crippen molar-refractivity contribution in [1.29, 1.82) is 0 Å². The number of nitrogens with zero attached hydrogens (tertiary/aromatic N) is 1. The molecule has 0 saturated carbocycles. The minimum absolute atomic E-state index is 0.363. The molecular formula is C8H5ClFNO4. The van der Waals surface area contributed by atoms with E-state index in [1.807, 2.05) is 0 Å². The normalized spacial score (nSPS) is 10.0. The van der Waals surface area contributed by atoms with Crippen LogP contribution in [0.15, 0.2) is 12.1 Å². The van der Waals surface area contributed by atoms with Gasteiger partial charge in [0.25, 0.3) is 0 Å². The second kappa shape index (κ2) is 4.22. The largest absolute Gasteiger partial charge is 0.502 e. The Morgan fingerprint density at radius 2 is 2.20 bits per heavy atom. The summed E-state index contributed by atoms with van der Waals surface area (Å²) in [6.45, 7) is 0. The van der Waals surface area contributed by atoms with Gasteiger partial charge in [-0.15, -0.1) is 11.6 Å². The molecule has 1 N–H and O–H groups in total. The van der Waals surface area contributed by atoms with Gasteiger partial charge in [-0.2, -0.15) is 4.39 Å². The molecule has 0 bridgehead atoms. The highest BCUT2D eigenvalue weighted by molar-refractivity contribution is 6.30. The fraction of sp³-hybridized carbons (Fsp3) is 0.125. The average molecular weight is 234 g/mol. The summed E-state index contributed by atoms with van der Waals surface area (Å²) in [5.74, 6) is -3.36. The molecule has 0 aliphatic rings. The molecule has 15 heavy (non-hydrogen) atoms. The van der Waals surface area contributed by atoms with Crippen LogP contribution in [0.1, 0.15) is 10.4 Å². The molecule has 80 valence electrons. The van der Waals surface area contributed by atoms with Gasteiger partial charge in [0.15, 0.2) is 5.78 Å². The predicted octanol–water partition coefficient (Wildman–Crippen LogP) is 1.86. The van der Waals surface area contributed by atoms with Crippen molar-refractivity contribution in [2.24, 2.45) is 0 Å². The highest BCUT2D eigenvalue weighted by Crippen LogP contribution is 2.32. The summed E-state index contributed by atoms with van der Waals surface area (Å²) < 4.78 is 12.9. The molecular weight excluding hydrogens is 229 g/mol. The molecule has 1 aromatic rings. The summed E-state index contributed by atoms with van der Waals surface area (Å²) in [6.07, 6.45) is 0. The smallest absolute Gasteiger partial charge is 0.346 e. The number of ketones is 1. The standard InChI is InChI=1S/C8H5ClFNO4/c9-3-6(12)4-1-2-5(10)7(8(4)13)11(14)15/h1-2,13H,3H2. The summed E-state index contributed by atoms with van der Waals surface area (Å²) in [5, 5.41) is 19.6. The predicted molar refractivity (Wildman–Crippen MR) is 49.8 cm³/mol. The van der Waals surface area contributed by atoms with Gasteiger partial charge in [-0.3, -0.25) is 14.9 Å². The van der Waals surface area contributed by atoms with Gasteiger partial charge in [0.1, 0.15) is 0 Å². The Kier molecular flexibility index (Phi) is 3.21. The summed E-state index contributed by atoms with van der Waals surface area (Å²) in [7, 11) is 0. The van der Waals surface area contributed by atoms with Crippen molar-refractivity contribution in [3.05, 3.63) is 33.6 Å². The molecule has 0 heterocycles. The summed E-state index contributed by atoms with van der Waals surface area (Å²) in [5.41, 5.74) is -1.48. The van der Waals surface area contributed by atoms with Gasteiger partial charge in [0.05, 0.1) is 16.4 Å². The number of nitro benzene ring substituents is 1. The average Bonchev–Trinajstić information content (AvgIpc) is 2.16. The van der Waals surface area contributed by atoms with E-state index in [1.165, 1.54) is 0 Å². The number of hydrogen-bond acceptors (Lipinski definition) is 4. The molecule has 1 rings (SSSR count). The molecule has 1 aromatic carbocycles. The van der Waals surface area contributed by atoms with Gasteiger partial charge in [0.2, 0.25) is 11.6 Å². The Labute approximate surface area is 88.2 Å². The van der Waals surface area contributed by atoms with Crippen LogP contribution in [0.25, 0.3) is 0 Å². The maximum absolute atomic E-state index is 12.9. The molecule has 0 amide bonds. The van der Waals surface area contributed by atoms with E-state index in [4.69, 9.17) is 11.6 Å². The van der Waals surface area contributed by atoms with E-state index in [2.05, 4.69) is 0 Å². The first kappa shape index (κ1) is 11.4. The number of benzene rings is 1. The second-order valence-electron chi connectivity index (χ2n) is 2.61. The van der Waals surface area contributed by atoms with Gasteiger partial charge < -0.3 is 5.11 Å². The molecule has 0 spiro atoms. The number of carbonyl (C=O) groups is 1. The third-order valence-corrected chi connectivity index (χ3v) is 1.95. The van der Waals surface area contributed by atoms with E-state index in [0.29, 0.717) is 0 Å². The minimum atomic E-state index is -1.20. The number of rotatable bonds is 3. The van der Waals surface area contributed by atoms with Crippen LogP contribution in [0.5, 0.6) is 5.75 Å². The first-order valence-electron chi connectivity index (χ1n) is 3.74. The van der Waals surface area contributed by atoms with Crippen molar-refractivity contribution in [3.8, 4) is 5.75 Å². The van der Waals surface area contributed by atoms with Crippen LogP contribution in [0, 0.1) is 15.9 Å². The molecule has 0 fully saturated rings. The number of hydrogen-bond donors (Lipinski definition) is 1. The van der Waals surface area contributed by atoms with Gasteiger partial charge in [0, 0.05) is 0 Å². The van der Waals surface area contributed by atoms with Crippen LogP contribution in [0.2, 0.25) is 0 Å². The fourth-order valence-corrected chi connectivity index (χ4v) is 1.17. The maximum Gasteiger partial charge on any atom is 0.346 e. The van der Waals surface area contributed by atoms with E-state index in [1.54, 1.807) is 0 Å². The first-order chi connectivity index (χ1) is 6.99. The molecule has 0 aliphatic heterocycles. The Balaban J connectivity index is 3.41. The molecule has 0 unspecified atom stereocenters. The Bertz CT molecular complexity index is 435. The lowest BCUT2D eigenvalue weighted by Gasteiger charge is -2.02. The fourth-order valence-electron chi connectivity index (χ4n) is 1.03. The van der Waals surface area contributed by atoms with Crippen molar-refractivity contribution in [1.82, 2.24) is 0 Å². The summed E-state index contributed by atoms with van der Waals surface area (Å²) in [6, 6.07) is 1.68. The molecule has 0 saturated heterocycles. The molecule has 7 heteroatoms. The number of Topliss-reactive ketones (excluding diaryl/α,β-unsaturated/α-hetero) is 1. The number of carbonyl (C=O) groups excluding carboxylic acids is 1. The molecule has 0 aliphatic carbocycles. The van der Waals surface area contributed by atoms with Crippen LogP contribution in [-0.4, -0.2) is 21.7 Å². The van der Waals surface area contributed by atoms with Gasteiger partial charge >= 0.3 is 5.69 Å². The minimum Gasteiger partial charge on any atom is -0.502 e. The number of phenolic OH excluding ortho intramolecular Hbond substituents is 1. The molecule has 5 nitrogen and oxygen atoms in total. The molecule has 0 atom stereocenters. The second-order valence-corrected chi connectivity index (χ2v) is 2.87. The monoisotopic (exact) mass is 233 g/mol. The third-order valence-electron chi connectivity index (χ3n) is 1.71. The maximum atomic E-state index is 12.9. The molecule has 0 aromatic heterocycles. The zero-order valence-electron chi connectivity index (χ0n) is 7.24. The number of halogens is 2. The zero-order chi connectivity index (χ0) is 11.6. The molecule has 0 radical (unpaired) electrons. The Hall–Kier alpha value is -1.69. The zero-order valence-corrected chi connectivity index (χ0v) is 7.99. The summed E-state index contributed by atoms with van der Waals surface area (Å²) in [4.78, 5) is 20.3. The Morgan fingerprint density at radius 3 is 2.67 bits per heavy atom. The van der Waals surface area contributed by atoms with E-state index >= 15 is 0 Å². The quantitative estimate of drug-likeness (QED) is 0.374. The van der Waals surface area contributed by atoms with Crippen molar-refractivity contribution in [2.75, 3.05) is 5.88 Å². The van der Waals surface area contributed by atoms with Gasteiger partial charge in [-0.1, -0.05) is 0 Å². The van der Waals surface area contributed by atoms with E-state index in [-0.39, 0.29) is 5.56 Å². The highest BCUT2D eigenvalue weighted by Gasteiger charge is 2.25. The van der Waals surface area contributed by atoms with Crippen molar-refractivity contribution >= 4 is 23.1 Å². The van der Waals surface area contributed by atoms with Crippen LogP contribution in [0.4, 0.5) is 10.1 Å². The third kappa shape index (κ3) is 2.04. The Morgan fingerprint density at radius 1 is 1.60 bits per heavy atom. The van der Waals surface area contributed by atoms with E-state index in [0.717, 1.165) is 12.1 Å². The summed E-state index contributed by atoms with van der Waals surface area (Å²) >= 11 is 5.21. The van der Waals surface area contributed by atoms with Crippen molar-refractivity contribution in [2.45, 2.75) is 0 Å². The van der Waals surface area contributed by atoms with Gasteiger partial charge in [-0.25, -0.2) is 0 Å².